The van der Waals surface area contributed by atoms with E-state index in [0.29, 0.717) is 19.1 Å². The van der Waals surface area contributed by atoms with Gasteiger partial charge in [-0.05, 0) is 31.2 Å². The molecule has 0 spiro atoms. The Labute approximate surface area is 175 Å². The van der Waals surface area contributed by atoms with E-state index in [0.717, 1.165) is 23.9 Å². The van der Waals surface area contributed by atoms with E-state index in [-0.39, 0.29) is 36.4 Å². The van der Waals surface area contributed by atoms with Gasteiger partial charge in [0.25, 0.3) is 0 Å². The minimum Gasteiger partial charge on any atom is -0.383 e. The number of benzene rings is 1. The average Bonchev–Trinajstić information content (AvgIpc) is 2.58. The Hall–Kier alpha value is -0.710. The Morgan fingerprint density at radius 2 is 1.92 bits per heavy atom. The van der Waals surface area contributed by atoms with Crippen LogP contribution in [0, 0.1) is 0 Å². The van der Waals surface area contributed by atoms with E-state index in [1.54, 1.807) is 18.9 Å². The lowest BCUT2D eigenvalue weighted by Crippen LogP contribution is -2.39. The number of nitrogens with one attached hydrogen (secondary N) is 3. The number of amides is 1. The smallest absolute Gasteiger partial charge is 0.241 e. The number of ether oxygens (including phenoxy) is 1. The first-order chi connectivity index (χ1) is 11.7. The lowest BCUT2D eigenvalue weighted by atomic mass is 10.4. The van der Waals surface area contributed by atoms with E-state index >= 15 is 0 Å². The van der Waals surface area contributed by atoms with Gasteiger partial charge in [-0.15, -0.1) is 35.7 Å². The standard InChI is InChI=1S/C16H25ClN4O2S.HI/c1-3-18-16(21-12-15(22)19-8-10-23-2)20-9-11-24-14-6-4-13(17)5-7-14;/h4-7H,3,8-12H2,1-2H3,(H,19,22)(H2,18,20,21);1H. The van der Waals surface area contributed by atoms with Gasteiger partial charge in [-0.3, -0.25) is 4.79 Å². The fourth-order valence-corrected chi connectivity index (χ4v) is 2.60. The minimum absolute atomic E-state index is 0. The van der Waals surface area contributed by atoms with Gasteiger partial charge < -0.3 is 20.7 Å². The van der Waals surface area contributed by atoms with E-state index < -0.39 is 0 Å². The summed E-state index contributed by atoms with van der Waals surface area (Å²) < 4.78 is 4.88. The molecule has 0 aromatic heterocycles. The number of hydrogen-bond acceptors (Lipinski definition) is 4. The molecule has 142 valence electrons. The molecule has 0 saturated carbocycles. The summed E-state index contributed by atoms with van der Waals surface area (Å²) in [6.45, 7) is 4.54. The van der Waals surface area contributed by atoms with Crippen molar-refractivity contribution in [3.8, 4) is 0 Å². The van der Waals surface area contributed by atoms with Crippen molar-refractivity contribution < 1.29 is 9.53 Å². The molecule has 3 N–H and O–H groups in total. The fraction of sp³-hybridized carbons (Fsp3) is 0.500. The Bertz CT molecular complexity index is 517. The molecule has 1 aromatic rings. The molecule has 1 aromatic carbocycles. The third-order valence-corrected chi connectivity index (χ3v) is 4.10. The maximum atomic E-state index is 11.6. The van der Waals surface area contributed by atoms with Crippen molar-refractivity contribution in [1.82, 2.24) is 16.0 Å². The highest BCUT2D eigenvalue weighted by molar-refractivity contribution is 14.0. The maximum absolute atomic E-state index is 11.6. The lowest BCUT2D eigenvalue weighted by Gasteiger charge is -2.11. The second kappa shape index (κ2) is 15.5. The first kappa shape index (κ1) is 24.3. The van der Waals surface area contributed by atoms with Crippen molar-refractivity contribution in [2.24, 2.45) is 4.99 Å². The molecule has 0 atom stereocenters. The van der Waals surface area contributed by atoms with Crippen molar-refractivity contribution in [2.45, 2.75) is 11.8 Å². The lowest BCUT2D eigenvalue weighted by molar-refractivity contribution is -0.119. The van der Waals surface area contributed by atoms with Gasteiger partial charge in [0, 0.05) is 42.4 Å². The van der Waals surface area contributed by atoms with Gasteiger partial charge in [0.15, 0.2) is 5.96 Å². The Morgan fingerprint density at radius 1 is 1.20 bits per heavy atom. The molecule has 1 rings (SSSR count). The minimum atomic E-state index is -0.125. The predicted octanol–water partition coefficient (Wildman–Crippen LogP) is 2.37. The molecular weight excluding hydrogens is 475 g/mol. The van der Waals surface area contributed by atoms with E-state index in [1.807, 2.05) is 31.2 Å². The molecule has 0 saturated heterocycles. The highest BCUT2D eigenvalue weighted by Gasteiger charge is 2.02. The topological polar surface area (TPSA) is 74.8 Å². The second-order valence-corrected chi connectivity index (χ2v) is 6.37. The number of halogens is 2. The molecule has 0 aliphatic heterocycles. The van der Waals surface area contributed by atoms with Crippen LogP contribution in [0.2, 0.25) is 5.02 Å². The zero-order valence-electron chi connectivity index (χ0n) is 14.5. The highest BCUT2D eigenvalue weighted by Crippen LogP contribution is 2.19. The number of guanidine groups is 1. The highest BCUT2D eigenvalue weighted by atomic mass is 127. The van der Waals surface area contributed by atoms with Crippen LogP contribution in [-0.4, -0.2) is 57.5 Å². The zero-order valence-corrected chi connectivity index (χ0v) is 18.4. The van der Waals surface area contributed by atoms with Crippen LogP contribution in [0.1, 0.15) is 6.92 Å². The molecule has 9 heteroatoms. The average molecular weight is 501 g/mol. The molecule has 0 radical (unpaired) electrons. The van der Waals surface area contributed by atoms with Gasteiger partial charge in [-0.1, -0.05) is 11.6 Å². The normalized spacial score (nSPS) is 10.8. The van der Waals surface area contributed by atoms with Gasteiger partial charge >= 0.3 is 0 Å². The second-order valence-electron chi connectivity index (χ2n) is 4.77. The van der Waals surface area contributed by atoms with Crippen molar-refractivity contribution in [3.05, 3.63) is 29.3 Å². The van der Waals surface area contributed by atoms with Crippen molar-refractivity contribution in [2.75, 3.05) is 45.6 Å². The van der Waals surface area contributed by atoms with E-state index in [4.69, 9.17) is 16.3 Å². The fourth-order valence-electron chi connectivity index (χ4n) is 1.71. The molecule has 0 aliphatic rings. The predicted molar refractivity (Wildman–Crippen MR) is 116 cm³/mol. The number of aliphatic imine (C=N–C) groups is 1. The van der Waals surface area contributed by atoms with Crippen LogP contribution in [0.15, 0.2) is 34.2 Å². The molecule has 0 bridgehead atoms. The number of nitrogens with zero attached hydrogens (tertiary/aromatic N) is 1. The van der Waals surface area contributed by atoms with Gasteiger partial charge in [0.1, 0.15) is 6.54 Å². The van der Waals surface area contributed by atoms with Crippen LogP contribution in [0.4, 0.5) is 0 Å². The number of rotatable bonds is 10. The van der Waals surface area contributed by atoms with Crippen molar-refractivity contribution >= 4 is 59.2 Å². The third-order valence-electron chi connectivity index (χ3n) is 2.83. The Kier molecular flexibility index (Phi) is 15.1. The summed E-state index contributed by atoms with van der Waals surface area (Å²) in [7, 11) is 1.60. The summed E-state index contributed by atoms with van der Waals surface area (Å²) >= 11 is 7.59. The summed E-state index contributed by atoms with van der Waals surface area (Å²) in [5.41, 5.74) is 0. The van der Waals surface area contributed by atoms with E-state index in [1.165, 1.54) is 4.90 Å². The molecule has 0 fully saturated rings. The van der Waals surface area contributed by atoms with Crippen molar-refractivity contribution in [1.29, 1.82) is 0 Å². The van der Waals surface area contributed by atoms with Crippen LogP contribution < -0.4 is 16.0 Å². The van der Waals surface area contributed by atoms with E-state index in [2.05, 4.69) is 20.9 Å². The van der Waals surface area contributed by atoms with Gasteiger partial charge in [0.2, 0.25) is 5.91 Å². The van der Waals surface area contributed by atoms with Crippen LogP contribution in [-0.2, 0) is 9.53 Å². The molecular formula is C16H26ClIN4O2S. The van der Waals surface area contributed by atoms with Crippen molar-refractivity contribution in [3.63, 3.8) is 0 Å². The molecule has 6 nitrogen and oxygen atoms in total. The SMILES string of the molecule is CCNC(=NCC(=O)NCCOC)NCCSc1ccc(Cl)cc1.I. The quantitative estimate of drug-likeness (QED) is 0.151. The monoisotopic (exact) mass is 500 g/mol. The van der Waals surface area contributed by atoms with Gasteiger partial charge in [0.05, 0.1) is 6.61 Å². The summed E-state index contributed by atoms with van der Waals surface area (Å²) in [5, 5.41) is 9.80. The number of methoxy groups -OCH3 is 1. The van der Waals surface area contributed by atoms with Crippen LogP contribution in [0.25, 0.3) is 0 Å². The van der Waals surface area contributed by atoms with Gasteiger partial charge in [-0.25, -0.2) is 4.99 Å². The molecule has 0 heterocycles. The first-order valence-corrected chi connectivity index (χ1v) is 9.18. The van der Waals surface area contributed by atoms with Crippen LogP contribution >= 0.6 is 47.3 Å². The maximum Gasteiger partial charge on any atom is 0.241 e. The summed E-state index contributed by atoms with van der Waals surface area (Å²) in [4.78, 5) is 17.1. The number of carbonyl (C=O) groups excluding carboxylic acids is 1. The summed E-state index contributed by atoms with van der Waals surface area (Å²) in [6, 6.07) is 7.75. The largest absolute Gasteiger partial charge is 0.383 e. The molecule has 0 aliphatic carbocycles. The summed E-state index contributed by atoms with van der Waals surface area (Å²) in [6.07, 6.45) is 0. The molecule has 0 unspecified atom stereocenters. The van der Waals surface area contributed by atoms with Crippen LogP contribution in [0.5, 0.6) is 0 Å². The Balaban J connectivity index is 0.00000576. The van der Waals surface area contributed by atoms with Gasteiger partial charge in [-0.2, -0.15) is 0 Å². The van der Waals surface area contributed by atoms with E-state index in [9.17, 15) is 4.79 Å². The number of hydrogen-bond donors (Lipinski definition) is 3. The molecule has 25 heavy (non-hydrogen) atoms. The number of carbonyl (C=O) groups is 1. The Morgan fingerprint density at radius 3 is 2.56 bits per heavy atom. The molecule has 1 amide bonds. The third kappa shape index (κ3) is 12.3. The van der Waals surface area contributed by atoms with Crippen LogP contribution in [0.3, 0.4) is 0 Å². The zero-order chi connectivity index (χ0) is 17.6. The first-order valence-electron chi connectivity index (χ1n) is 7.82. The summed E-state index contributed by atoms with van der Waals surface area (Å²) in [5.74, 6) is 1.39. The number of thioether (sulfide) groups is 1.